The first kappa shape index (κ1) is 19.4. The summed E-state index contributed by atoms with van der Waals surface area (Å²) in [6.45, 7) is 1.11. The SMILES string of the molecule is C[N+](C)(C)CCO.Cl.Cn1c2ncnc-2c([O-])n(C)c1=O. The van der Waals surface area contributed by atoms with Gasteiger partial charge in [-0.3, -0.25) is 4.57 Å². The van der Waals surface area contributed by atoms with E-state index in [0.717, 1.165) is 15.6 Å². The van der Waals surface area contributed by atoms with Gasteiger partial charge in [0.1, 0.15) is 18.6 Å². The summed E-state index contributed by atoms with van der Waals surface area (Å²) in [5.41, 5.74) is -0.164. The second-order valence-corrected chi connectivity index (χ2v) is 5.49. The Morgan fingerprint density at radius 2 is 1.81 bits per heavy atom. The van der Waals surface area contributed by atoms with Crippen molar-refractivity contribution in [2.75, 3.05) is 34.3 Å². The van der Waals surface area contributed by atoms with Crippen molar-refractivity contribution in [3.63, 3.8) is 0 Å². The lowest BCUT2D eigenvalue weighted by atomic mass is 10.4. The smallest absolute Gasteiger partial charge is 0.328 e. The van der Waals surface area contributed by atoms with E-state index in [-0.39, 0.29) is 24.7 Å². The number of fused-ring (bicyclic) bond motifs is 1. The molecule has 120 valence electrons. The van der Waals surface area contributed by atoms with Crippen LogP contribution in [-0.2, 0) is 14.1 Å². The van der Waals surface area contributed by atoms with E-state index in [2.05, 4.69) is 31.1 Å². The van der Waals surface area contributed by atoms with Crippen LogP contribution in [0.2, 0.25) is 0 Å². The maximum Gasteiger partial charge on any atom is 0.328 e. The first-order valence-corrected chi connectivity index (χ1v) is 6.13. The average Bonchev–Trinajstić information content (AvgIpc) is 2.82. The summed E-state index contributed by atoms with van der Waals surface area (Å²) < 4.78 is 3.15. The van der Waals surface area contributed by atoms with E-state index in [1.807, 2.05) is 0 Å². The lowest BCUT2D eigenvalue weighted by Gasteiger charge is -2.21. The number of halogens is 1. The van der Waals surface area contributed by atoms with Crippen LogP contribution in [0.15, 0.2) is 11.1 Å². The van der Waals surface area contributed by atoms with Gasteiger partial charge < -0.3 is 19.3 Å². The highest BCUT2D eigenvalue weighted by Crippen LogP contribution is 2.20. The topological polar surface area (TPSA) is 96.0 Å². The molecule has 0 aromatic carbocycles. The van der Waals surface area contributed by atoms with Crippen molar-refractivity contribution in [2.24, 2.45) is 14.1 Å². The summed E-state index contributed by atoms with van der Waals surface area (Å²) in [6.07, 6.45) is 1.27. The Morgan fingerprint density at radius 3 is 2.24 bits per heavy atom. The van der Waals surface area contributed by atoms with Gasteiger partial charge in [0.05, 0.1) is 27.7 Å². The number of hydrogen-bond donors (Lipinski definition) is 1. The molecule has 0 spiro atoms. The summed E-state index contributed by atoms with van der Waals surface area (Å²) in [7, 11) is 9.13. The molecule has 0 radical (unpaired) electrons. The lowest BCUT2D eigenvalue weighted by Crippen LogP contribution is -2.36. The van der Waals surface area contributed by atoms with Crippen LogP contribution < -0.4 is 10.8 Å². The summed E-state index contributed by atoms with van der Waals surface area (Å²) in [6, 6.07) is 0. The summed E-state index contributed by atoms with van der Waals surface area (Å²) in [5, 5.41) is 19.8. The summed E-state index contributed by atoms with van der Waals surface area (Å²) in [4.78, 5) is 19.0. The third-order valence-electron chi connectivity index (χ3n) is 2.75. The van der Waals surface area contributed by atoms with E-state index in [1.165, 1.54) is 17.9 Å². The first-order chi connectivity index (χ1) is 9.19. The van der Waals surface area contributed by atoms with E-state index in [0.29, 0.717) is 5.82 Å². The van der Waals surface area contributed by atoms with Crippen molar-refractivity contribution in [1.29, 1.82) is 0 Å². The fourth-order valence-corrected chi connectivity index (χ4v) is 1.52. The van der Waals surface area contributed by atoms with Crippen molar-refractivity contribution in [3.8, 4) is 17.4 Å². The zero-order chi connectivity index (χ0) is 15.5. The molecule has 2 aliphatic rings. The average molecular weight is 320 g/mol. The number of likely N-dealkylation sites (N-methyl/N-ethyl adjacent to an activating group) is 1. The van der Waals surface area contributed by atoms with Gasteiger partial charge in [0.2, 0.25) is 0 Å². The minimum absolute atomic E-state index is 0. The molecular formula is C12H22ClN5O3. The fourth-order valence-electron chi connectivity index (χ4n) is 1.52. The molecule has 0 fully saturated rings. The van der Waals surface area contributed by atoms with Crippen molar-refractivity contribution < 1.29 is 14.7 Å². The van der Waals surface area contributed by atoms with Crippen LogP contribution in [0.25, 0.3) is 11.5 Å². The number of hydrogen-bond acceptors (Lipinski definition) is 5. The maximum atomic E-state index is 11.4. The molecule has 0 saturated heterocycles. The van der Waals surface area contributed by atoms with Gasteiger partial charge in [-0.1, -0.05) is 0 Å². The van der Waals surface area contributed by atoms with Crippen molar-refractivity contribution >= 4 is 12.4 Å². The Morgan fingerprint density at radius 1 is 1.24 bits per heavy atom. The fraction of sp³-hybridized carbons (Fsp3) is 0.583. The Hall–Kier alpha value is -1.64. The third-order valence-corrected chi connectivity index (χ3v) is 2.75. The molecule has 0 aromatic rings. The standard InChI is InChI=1S/C7H8N4O2.C5H14NO.ClH/c1-10-5-4(8-3-9-5)6(12)11(2)7(10)13;1-6(2,3)4-5-7;/h3,12H,1-2H3;7H,4-5H2,1-3H3;1H/q;+1;/p-1. The highest BCUT2D eigenvalue weighted by molar-refractivity contribution is 5.85. The number of aliphatic hydroxyl groups is 1. The quantitative estimate of drug-likeness (QED) is 0.701. The van der Waals surface area contributed by atoms with E-state index in [9.17, 15) is 9.90 Å². The Labute approximate surface area is 129 Å². The Bertz CT molecular complexity index is 602. The number of rotatable bonds is 2. The molecule has 0 saturated carbocycles. The van der Waals surface area contributed by atoms with Gasteiger partial charge in [0.15, 0.2) is 5.82 Å². The molecule has 8 nitrogen and oxygen atoms in total. The van der Waals surface area contributed by atoms with Gasteiger partial charge in [-0.05, 0) is 5.88 Å². The number of aliphatic hydroxyl groups excluding tert-OH is 1. The largest absolute Gasteiger partial charge is 0.858 e. The zero-order valence-electron chi connectivity index (χ0n) is 12.9. The predicted molar refractivity (Wildman–Crippen MR) is 79.5 cm³/mol. The first-order valence-electron chi connectivity index (χ1n) is 6.13. The minimum atomic E-state index is -0.407. The molecule has 2 heterocycles. The molecule has 21 heavy (non-hydrogen) atoms. The van der Waals surface area contributed by atoms with Crippen LogP contribution in [0, 0.1) is 0 Å². The van der Waals surface area contributed by atoms with E-state index >= 15 is 0 Å². The molecular weight excluding hydrogens is 298 g/mol. The van der Waals surface area contributed by atoms with Crippen LogP contribution in [-0.4, -0.2) is 63.0 Å². The Kier molecular flexibility index (Phi) is 6.81. The number of nitrogens with zero attached hydrogens (tertiary/aromatic N) is 5. The monoisotopic (exact) mass is 319 g/mol. The van der Waals surface area contributed by atoms with Gasteiger partial charge in [-0.15, -0.1) is 12.4 Å². The molecule has 0 aliphatic carbocycles. The van der Waals surface area contributed by atoms with E-state index < -0.39 is 11.6 Å². The Balaban J connectivity index is 0.000000436. The molecule has 2 aliphatic heterocycles. The highest BCUT2D eigenvalue weighted by Gasteiger charge is 2.13. The minimum Gasteiger partial charge on any atom is -0.858 e. The van der Waals surface area contributed by atoms with Gasteiger partial charge in [0, 0.05) is 14.1 Å². The lowest BCUT2D eigenvalue weighted by molar-refractivity contribution is -0.870. The number of quaternary nitrogens is 1. The van der Waals surface area contributed by atoms with Gasteiger partial charge in [-0.2, -0.15) is 0 Å². The zero-order valence-corrected chi connectivity index (χ0v) is 13.7. The molecule has 0 atom stereocenters. The second kappa shape index (κ2) is 7.39. The van der Waals surface area contributed by atoms with Crippen molar-refractivity contribution in [3.05, 3.63) is 16.8 Å². The van der Waals surface area contributed by atoms with Crippen LogP contribution in [0.1, 0.15) is 0 Å². The van der Waals surface area contributed by atoms with Crippen LogP contribution in [0.3, 0.4) is 0 Å². The molecule has 0 aromatic heterocycles. The van der Waals surface area contributed by atoms with E-state index in [1.54, 1.807) is 7.05 Å². The highest BCUT2D eigenvalue weighted by atomic mass is 35.5. The van der Waals surface area contributed by atoms with Gasteiger partial charge in [0.25, 0.3) is 0 Å². The molecule has 1 N–H and O–H groups in total. The molecule has 0 amide bonds. The second-order valence-electron chi connectivity index (χ2n) is 5.49. The van der Waals surface area contributed by atoms with Gasteiger partial charge in [-0.25, -0.2) is 14.8 Å². The summed E-state index contributed by atoms with van der Waals surface area (Å²) in [5.74, 6) is -0.0799. The maximum absolute atomic E-state index is 11.4. The third kappa shape index (κ3) is 4.69. The molecule has 0 bridgehead atoms. The van der Waals surface area contributed by atoms with E-state index in [4.69, 9.17) is 5.11 Å². The molecule has 0 unspecified atom stereocenters. The normalized spacial score (nSPS) is 10.8. The molecule has 9 heteroatoms. The van der Waals surface area contributed by atoms with Crippen molar-refractivity contribution in [1.82, 2.24) is 19.1 Å². The number of imidazole rings is 1. The summed E-state index contributed by atoms with van der Waals surface area (Å²) >= 11 is 0. The van der Waals surface area contributed by atoms with Gasteiger partial charge >= 0.3 is 5.69 Å². The van der Waals surface area contributed by atoms with Crippen LogP contribution in [0.4, 0.5) is 0 Å². The van der Waals surface area contributed by atoms with Crippen molar-refractivity contribution in [2.45, 2.75) is 0 Å². The van der Waals surface area contributed by atoms with Crippen LogP contribution in [0.5, 0.6) is 5.88 Å². The predicted octanol–water partition coefficient (Wildman–Crippen LogP) is -1.20. The van der Waals surface area contributed by atoms with Crippen LogP contribution >= 0.6 is 12.4 Å². The molecule has 2 rings (SSSR count). The number of aromatic nitrogens is 4.